The standard InChI is InChI=1S/C12H19N/c1-11(2)6-5-10(13)9-12(3,4)8-7-11/h5-9H,13H2,1-4H3/b6-5-,8-7?,10-9+. The van der Waals surface area contributed by atoms with Crippen molar-refractivity contribution >= 4 is 0 Å². The maximum absolute atomic E-state index is 5.84. The molecule has 0 radical (unpaired) electrons. The third kappa shape index (κ3) is 3.10. The van der Waals surface area contributed by atoms with Crippen LogP contribution in [-0.4, -0.2) is 0 Å². The summed E-state index contributed by atoms with van der Waals surface area (Å²) >= 11 is 0. The molecular weight excluding hydrogens is 158 g/mol. The van der Waals surface area contributed by atoms with E-state index in [1.807, 2.05) is 6.08 Å². The monoisotopic (exact) mass is 177 g/mol. The second-order valence-corrected chi connectivity index (χ2v) is 4.95. The fraction of sp³-hybridized carbons (Fsp3) is 0.500. The minimum atomic E-state index is 0.0616. The van der Waals surface area contributed by atoms with Gasteiger partial charge in [-0.05, 0) is 6.08 Å². The highest BCUT2D eigenvalue weighted by atomic mass is 14.6. The fourth-order valence-electron chi connectivity index (χ4n) is 1.32. The maximum Gasteiger partial charge on any atom is 0.0279 e. The summed E-state index contributed by atoms with van der Waals surface area (Å²) in [6.45, 7) is 8.67. The second-order valence-electron chi connectivity index (χ2n) is 4.95. The van der Waals surface area contributed by atoms with Crippen molar-refractivity contribution in [3.8, 4) is 0 Å². The van der Waals surface area contributed by atoms with Crippen molar-refractivity contribution in [3.63, 3.8) is 0 Å². The largest absolute Gasteiger partial charge is 0.399 e. The highest BCUT2D eigenvalue weighted by Crippen LogP contribution is 2.28. The summed E-state index contributed by atoms with van der Waals surface area (Å²) in [6.07, 6.45) is 10.6. The average Bonchev–Trinajstić information content (AvgIpc) is 1.96. The van der Waals surface area contributed by atoms with Gasteiger partial charge < -0.3 is 5.73 Å². The predicted octanol–water partition coefficient (Wildman–Crippen LogP) is 3.01. The molecular formula is C12H19N. The van der Waals surface area contributed by atoms with Gasteiger partial charge in [0.05, 0.1) is 0 Å². The Morgan fingerprint density at radius 2 is 1.46 bits per heavy atom. The molecule has 0 unspecified atom stereocenters. The topological polar surface area (TPSA) is 26.0 Å². The van der Waals surface area contributed by atoms with Crippen molar-refractivity contribution in [2.24, 2.45) is 16.6 Å². The van der Waals surface area contributed by atoms with Crippen LogP contribution in [0.25, 0.3) is 0 Å². The minimum Gasteiger partial charge on any atom is -0.399 e. The number of allylic oxidation sites excluding steroid dienone is 5. The molecule has 0 heterocycles. The molecule has 2 N–H and O–H groups in total. The molecule has 0 atom stereocenters. The van der Waals surface area contributed by atoms with E-state index in [0.29, 0.717) is 0 Å². The number of nitrogens with two attached hydrogens (primary N) is 1. The predicted molar refractivity (Wildman–Crippen MR) is 58.1 cm³/mol. The molecule has 0 spiro atoms. The van der Waals surface area contributed by atoms with Gasteiger partial charge in [-0.25, -0.2) is 0 Å². The highest BCUT2D eigenvalue weighted by Gasteiger charge is 2.16. The average molecular weight is 177 g/mol. The van der Waals surface area contributed by atoms with E-state index in [0.717, 1.165) is 5.70 Å². The molecule has 1 aliphatic carbocycles. The van der Waals surface area contributed by atoms with Crippen LogP contribution in [0.3, 0.4) is 0 Å². The van der Waals surface area contributed by atoms with Crippen LogP contribution in [0.15, 0.2) is 36.1 Å². The first-order valence-electron chi connectivity index (χ1n) is 4.69. The maximum atomic E-state index is 5.84. The summed E-state index contributed by atoms with van der Waals surface area (Å²) in [6, 6.07) is 0. The fourth-order valence-corrected chi connectivity index (χ4v) is 1.32. The van der Waals surface area contributed by atoms with E-state index < -0.39 is 0 Å². The molecule has 0 fully saturated rings. The van der Waals surface area contributed by atoms with E-state index in [1.54, 1.807) is 0 Å². The van der Waals surface area contributed by atoms with Gasteiger partial charge in [-0.1, -0.05) is 52.0 Å². The van der Waals surface area contributed by atoms with Crippen molar-refractivity contribution in [2.45, 2.75) is 27.7 Å². The lowest BCUT2D eigenvalue weighted by Gasteiger charge is -2.23. The molecule has 0 saturated heterocycles. The molecule has 0 bridgehead atoms. The van der Waals surface area contributed by atoms with Crippen LogP contribution in [0.2, 0.25) is 0 Å². The zero-order chi connectivity index (χ0) is 10.1. The Balaban J connectivity index is 3.10. The van der Waals surface area contributed by atoms with Gasteiger partial charge in [-0.3, -0.25) is 0 Å². The van der Waals surface area contributed by atoms with Crippen LogP contribution < -0.4 is 5.73 Å². The third-order valence-electron chi connectivity index (χ3n) is 2.19. The Hall–Kier alpha value is -0.980. The van der Waals surface area contributed by atoms with Crippen molar-refractivity contribution in [1.29, 1.82) is 0 Å². The van der Waals surface area contributed by atoms with Crippen LogP contribution in [0, 0.1) is 10.8 Å². The number of hydrogen-bond donors (Lipinski definition) is 1. The Bertz CT molecular complexity index is 277. The third-order valence-corrected chi connectivity index (χ3v) is 2.19. The van der Waals surface area contributed by atoms with Crippen molar-refractivity contribution in [1.82, 2.24) is 0 Å². The van der Waals surface area contributed by atoms with Crippen LogP contribution in [0.5, 0.6) is 0 Å². The second kappa shape index (κ2) is 3.06. The lowest BCUT2D eigenvalue weighted by molar-refractivity contribution is 0.572. The first-order valence-corrected chi connectivity index (χ1v) is 4.69. The summed E-state index contributed by atoms with van der Waals surface area (Å²) < 4.78 is 0. The summed E-state index contributed by atoms with van der Waals surface area (Å²) in [4.78, 5) is 0. The first-order chi connectivity index (χ1) is 5.81. The van der Waals surface area contributed by atoms with Gasteiger partial charge in [0.15, 0.2) is 0 Å². The van der Waals surface area contributed by atoms with Crippen LogP contribution in [-0.2, 0) is 0 Å². The summed E-state index contributed by atoms with van der Waals surface area (Å²) in [5.74, 6) is 0. The molecule has 0 saturated carbocycles. The minimum absolute atomic E-state index is 0.0616. The van der Waals surface area contributed by atoms with Gasteiger partial charge in [0, 0.05) is 16.5 Å². The Labute approximate surface area is 81.0 Å². The number of rotatable bonds is 0. The number of hydrogen-bond acceptors (Lipinski definition) is 1. The SMILES string of the molecule is CC1(C)C=CC(C)(C)/C=C(N)\C=C/1. The van der Waals surface area contributed by atoms with Gasteiger partial charge in [-0.2, -0.15) is 0 Å². The molecule has 0 aromatic heterocycles. The van der Waals surface area contributed by atoms with E-state index in [-0.39, 0.29) is 10.8 Å². The summed E-state index contributed by atoms with van der Waals surface area (Å²) in [5, 5.41) is 0. The molecule has 0 aromatic carbocycles. The van der Waals surface area contributed by atoms with Gasteiger partial charge in [-0.15, -0.1) is 0 Å². The molecule has 0 aliphatic heterocycles. The van der Waals surface area contributed by atoms with Crippen molar-refractivity contribution < 1.29 is 0 Å². The zero-order valence-corrected chi connectivity index (χ0v) is 8.96. The Morgan fingerprint density at radius 1 is 0.923 bits per heavy atom. The van der Waals surface area contributed by atoms with Gasteiger partial charge in [0.1, 0.15) is 0 Å². The summed E-state index contributed by atoms with van der Waals surface area (Å²) in [7, 11) is 0. The van der Waals surface area contributed by atoms with E-state index in [9.17, 15) is 0 Å². The smallest absolute Gasteiger partial charge is 0.0279 e. The van der Waals surface area contributed by atoms with Gasteiger partial charge in [0.25, 0.3) is 0 Å². The molecule has 0 aromatic rings. The molecule has 1 nitrogen and oxygen atoms in total. The van der Waals surface area contributed by atoms with Crippen LogP contribution in [0.1, 0.15) is 27.7 Å². The van der Waals surface area contributed by atoms with Crippen molar-refractivity contribution in [3.05, 3.63) is 36.1 Å². The van der Waals surface area contributed by atoms with E-state index in [4.69, 9.17) is 5.73 Å². The van der Waals surface area contributed by atoms with Gasteiger partial charge in [0.2, 0.25) is 0 Å². The van der Waals surface area contributed by atoms with Crippen molar-refractivity contribution in [2.75, 3.05) is 0 Å². The molecule has 1 heteroatoms. The van der Waals surface area contributed by atoms with E-state index in [2.05, 4.69) is 52.0 Å². The lowest BCUT2D eigenvalue weighted by Crippen LogP contribution is -2.13. The van der Waals surface area contributed by atoms with E-state index in [1.165, 1.54) is 0 Å². The molecule has 1 rings (SSSR count). The highest BCUT2D eigenvalue weighted by molar-refractivity contribution is 5.27. The molecule has 1 aliphatic rings. The molecule has 13 heavy (non-hydrogen) atoms. The Kier molecular flexibility index (Phi) is 2.38. The van der Waals surface area contributed by atoms with Gasteiger partial charge >= 0.3 is 0 Å². The molecule has 0 amide bonds. The Morgan fingerprint density at radius 3 is 2.08 bits per heavy atom. The zero-order valence-electron chi connectivity index (χ0n) is 8.96. The first kappa shape index (κ1) is 10.1. The lowest BCUT2D eigenvalue weighted by atomic mass is 9.83. The summed E-state index contributed by atoms with van der Waals surface area (Å²) in [5.41, 5.74) is 6.86. The quantitative estimate of drug-likeness (QED) is 0.565. The molecule has 72 valence electrons. The van der Waals surface area contributed by atoms with E-state index >= 15 is 0 Å². The van der Waals surface area contributed by atoms with Crippen LogP contribution in [0.4, 0.5) is 0 Å². The normalized spacial score (nSPS) is 31.2. The van der Waals surface area contributed by atoms with Crippen LogP contribution >= 0.6 is 0 Å².